The summed E-state index contributed by atoms with van der Waals surface area (Å²) in [5.41, 5.74) is 3.23. The SMILES string of the molecule is O=C(NCc1ccc(-c2ccn[nH]2)cc1)N1CCCC1C1CCCCC1. The lowest BCUT2D eigenvalue weighted by atomic mass is 9.83. The molecule has 0 radical (unpaired) electrons. The molecule has 1 atom stereocenters. The zero-order valence-electron chi connectivity index (χ0n) is 15.3. The second-order valence-corrected chi connectivity index (χ2v) is 7.63. The highest BCUT2D eigenvalue weighted by Crippen LogP contribution is 2.34. The molecule has 26 heavy (non-hydrogen) atoms. The number of H-pyrrole nitrogens is 1. The topological polar surface area (TPSA) is 61.0 Å². The summed E-state index contributed by atoms with van der Waals surface area (Å²) in [5, 5.41) is 10.1. The number of amides is 2. The average molecular weight is 352 g/mol. The number of likely N-dealkylation sites (tertiary alicyclic amines) is 1. The number of carbonyl (C=O) groups is 1. The van der Waals surface area contributed by atoms with Gasteiger partial charge in [0.05, 0.1) is 5.69 Å². The van der Waals surface area contributed by atoms with E-state index in [1.807, 2.05) is 6.07 Å². The minimum Gasteiger partial charge on any atom is -0.334 e. The molecular weight excluding hydrogens is 324 g/mol. The van der Waals surface area contributed by atoms with E-state index in [1.165, 1.54) is 38.5 Å². The molecule has 0 spiro atoms. The number of nitrogens with zero attached hydrogens (tertiary/aromatic N) is 2. The van der Waals surface area contributed by atoms with Gasteiger partial charge in [0.2, 0.25) is 0 Å². The van der Waals surface area contributed by atoms with Crippen molar-refractivity contribution >= 4 is 6.03 Å². The molecule has 5 heteroatoms. The number of hydrogen-bond acceptors (Lipinski definition) is 2. The third kappa shape index (κ3) is 3.76. The Morgan fingerprint density at radius 2 is 1.88 bits per heavy atom. The molecule has 5 nitrogen and oxygen atoms in total. The van der Waals surface area contributed by atoms with Crippen molar-refractivity contribution in [2.75, 3.05) is 6.54 Å². The third-order valence-corrected chi connectivity index (χ3v) is 5.96. The normalized spacial score (nSPS) is 21.1. The molecule has 2 aromatic rings. The van der Waals surface area contributed by atoms with Crippen molar-refractivity contribution in [2.24, 2.45) is 5.92 Å². The highest BCUT2D eigenvalue weighted by molar-refractivity contribution is 5.75. The molecule has 138 valence electrons. The van der Waals surface area contributed by atoms with E-state index in [0.717, 1.165) is 29.8 Å². The fourth-order valence-corrected chi connectivity index (χ4v) is 4.55. The molecule has 1 aliphatic carbocycles. The van der Waals surface area contributed by atoms with E-state index in [2.05, 4.69) is 44.7 Å². The van der Waals surface area contributed by atoms with Crippen LogP contribution in [0.3, 0.4) is 0 Å². The number of nitrogens with one attached hydrogen (secondary N) is 2. The fourth-order valence-electron chi connectivity index (χ4n) is 4.55. The highest BCUT2D eigenvalue weighted by atomic mass is 16.2. The molecule has 1 unspecified atom stereocenters. The van der Waals surface area contributed by atoms with E-state index >= 15 is 0 Å². The van der Waals surface area contributed by atoms with Gasteiger partial charge in [-0.15, -0.1) is 0 Å². The molecule has 2 aliphatic rings. The van der Waals surface area contributed by atoms with Crippen molar-refractivity contribution in [2.45, 2.75) is 57.5 Å². The number of hydrogen-bond donors (Lipinski definition) is 2. The monoisotopic (exact) mass is 352 g/mol. The Balaban J connectivity index is 1.33. The van der Waals surface area contributed by atoms with Crippen LogP contribution >= 0.6 is 0 Å². The number of rotatable bonds is 4. The summed E-state index contributed by atoms with van der Waals surface area (Å²) in [5.74, 6) is 0.714. The van der Waals surface area contributed by atoms with E-state index in [0.29, 0.717) is 18.5 Å². The fraction of sp³-hybridized carbons (Fsp3) is 0.524. The van der Waals surface area contributed by atoms with Gasteiger partial charge in [-0.25, -0.2) is 4.79 Å². The maximum Gasteiger partial charge on any atom is 0.317 e. The molecule has 0 bridgehead atoms. The van der Waals surface area contributed by atoms with Gasteiger partial charge in [0.1, 0.15) is 0 Å². The molecule has 4 rings (SSSR count). The minimum atomic E-state index is 0.107. The van der Waals surface area contributed by atoms with Gasteiger partial charge < -0.3 is 10.2 Å². The second-order valence-electron chi connectivity index (χ2n) is 7.63. The van der Waals surface area contributed by atoms with Gasteiger partial charge in [0.15, 0.2) is 0 Å². The predicted molar refractivity (Wildman–Crippen MR) is 103 cm³/mol. The maximum atomic E-state index is 12.7. The van der Waals surface area contributed by atoms with Gasteiger partial charge in [-0.2, -0.15) is 5.10 Å². The molecule has 1 saturated heterocycles. The lowest BCUT2D eigenvalue weighted by Gasteiger charge is -2.34. The Labute approximate surface area is 155 Å². The zero-order valence-corrected chi connectivity index (χ0v) is 15.3. The van der Waals surface area contributed by atoms with Crippen LogP contribution in [0.1, 0.15) is 50.5 Å². The Morgan fingerprint density at radius 1 is 1.08 bits per heavy atom. The van der Waals surface area contributed by atoms with E-state index in [1.54, 1.807) is 6.20 Å². The lowest BCUT2D eigenvalue weighted by Crippen LogP contribution is -2.45. The first-order valence-corrected chi connectivity index (χ1v) is 9.94. The molecular formula is C21H28N4O. The summed E-state index contributed by atoms with van der Waals surface area (Å²) in [4.78, 5) is 14.8. The summed E-state index contributed by atoms with van der Waals surface area (Å²) in [6, 6.07) is 10.8. The molecule has 2 N–H and O–H groups in total. The van der Waals surface area contributed by atoms with Crippen LogP contribution < -0.4 is 5.32 Å². The number of urea groups is 1. The van der Waals surface area contributed by atoms with E-state index < -0.39 is 0 Å². The Kier molecular flexibility index (Phi) is 5.23. The van der Waals surface area contributed by atoms with Gasteiger partial charge in [-0.3, -0.25) is 5.10 Å². The van der Waals surface area contributed by atoms with Crippen LogP contribution in [0.15, 0.2) is 36.5 Å². The van der Waals surface area contributed by atoms with Crippen LogP contribution in [0.5, 0.6) is 0 Å². The van der Waals surface area contributed by atoms with Crippen LogP contribution in [0.2, 0.25) is 0 Å². The number of aromatic amines is 1. The molecule has 2 amide bonds. The number of carbonyl (C=O) groups excluding carboxylic acids is 1. The van der Waals surface area contributed by atoms with Crippen LogP contribution in [-0.2, 0) is 6.54 Å². The average Bonchev–Trinajstić information content (AvgIpc) is 3.39. The van der Waals surface area contributed by atoms with Crippen molar-refractivity contribution in [1.82, 2.24) is 20.4 Å². The van der Waals surface area contributed by atoms with Crippen LogP contribution in [0.4, 0.5) is 4.79 Å². The van der Waals surface area contributed by atoms with Gasteiger partial charge in [-0.1, -0.05) is 43.5 Å². The standard InChI is InChI=1S/C21H28N4O/c26-21(25-14-4-7-20(25)18-5-2-1-3-6-18)22-15-16-8-10-17(11-9-16)19-12-13-23-24-19/h8-13,18,20H,1-7,14-15H2,(H,22,26)(H,23,24). The maximum absolute atomic E-state index is 12.7. The van der Waals surface area contributed by atoms with Crippen molar-refractivity contribution < 1.29 is 4.79 Å². The molecule has 2 heterocycles. The van der Waals surface area contributed by atoms with Gasteiger partial charge >= 0.3 is 6.03 Å². The molecule has 1 aromatic carbocycles. The number of benzene rings is 1. The second kappa shape index (κ2) is 7.94. The first-order valence-electron chi connectivity index (χ1n) is 9.94. The molecule has 2 fully saturated rings. The summed E-state index contributed by atoms with van der Waals surface area (Å²) in [6.07, 6.45) is 10.7. The number of aromatic nitrogens is 2. The Morgan fingerprint density at radius 3 is 2.62 bits per heavy atom. The van der Waals surface area contributed by atoms with Crippen LogP contribution in [-0.4, -0.2) is 33.7 Å². The largest absolute Gasteiger partial charge is 0.334 e. The predicted octanol–water partition coefficient (Wildman–Crippen LogP) is 4.33. The van der Waals surface area contributed by atoms with Gasteiger partial charge in [0, 0.05) is 25.3 Å². The summed E-state index contributed by atoms with van der Waals surface area (Å²) >= 11 is 0. The van der Waals surface area contributed by atoms with Crippen molar-refractivity contribution in [3.8, 4) is 11.3 Å². The van der Waals surface area contributed by atoms with E-state index in [4.69, 9.17) is 0 Å². The molecule has 1 aromatic heterocycles. The van der Waals surface area contributed by atoms with Gasteiger partial charge in [-0.05, 0) is 48.8 Å². The lowest BCUT2D eigenvalue weighted by molar-refractivity contribution is 0.156. The van der Waals surface area contributed by atoms with Crippen molar-refractivity contribution in [1.29, 1.82) is 0 Å². The van der Waals surface area contributed by atoms with Crippen LogP contribution in [0, 0.1) is 5.92 Å². The summed E-state index contributed by atoms with van der Waals surface area (Å²) in [6.45, 7) is 1.49. The zero-order chi connectivity index (χ0) is 17.8. The molecule has 1 aliphatic heterocycles. The Hall–Kier alpha value is -2.30. The smallest absolute Gasteiger partial charge is 0.317 e. The van der Waals surface area contributed by atoms with Gasteiger partial charge in [0.25, 0.3) is 0 Å². The first kappa shape index (κ1) is 17.1. The minimum absolute atomic E-state index is 0.107. The summed E-state index contributed by atoms with van der Waals surface area (Å²) < 4.78 is 0. The van der Waals surface area contributed by atoms with Crippen molar-refractivity contribution in [3.05, 3.63) is 42.1 Å². The van der Waals surface area contributed by atoms with Crippen LogP contribution in [0.25, 0.3) is 11.3 Å². The van der Waals surface area contributed by atoms with E-state index in [-0.39, 0.29) is 6.03 Å². The van der Waals surface area contributed by atoms with Crippen molar-refractivity contribution in [3.63, 3.8) is 0 Å². The van der Waals surface area contributed by atoms with E-state index in [9.17, 15) is 4.79 Å². The first-order chi connectivity index (χ1) is 12.8. The quantitative estimate of drug-likeness (QED) is 0.860. The molecule has 1 saturated carbocycles. The Bertz CT molecular complexity index is 704. The third-order valence-electron chi connectivity index (χ3n) is 5.96. The highest BCUT2D eigenvalue weighted by Gasteiger charge is 2.34. The summed E-state index contributed by atoms with van der Waals surface area (Å²) in [7, 11) is 0.